The fourth-order valence-corrected chi connectivity index (χ4v) is 3.44. The van der Waals surface area contributed by atoms with Gasteiger partial charge in [-0.25, -0.2) is 0 Å². The van der Waals surface area contributed by atoms with Crippen LogP contribution in [-0.2, 0) is 0 Å². The summed E-state index contributed by atoms with van der Waals surface area (Å²) in [6, 6.07) is 3.87. The summed E-state index contributed by atoms with van der Waals surface area (Å²) in [6.45, 7) is 0. The van der Waals surface area contributed by atoms with Crippen LogP contribution in [0.15, 0.2) is 28.4 Å². The average molecular weight is 251 g/mol. The van der Waals surface area contributed by atoms with E-state index in [0.29, 0.717) is 10.9 Å². The van der Waals surface area contributed by atoms with Crippen molar-refractivity contribution in [1.82, 2.24) is 4.98 Å². The molecule has 0 atom stereocenters. The van der Waals surface area contributed by atoms with Crippen LogP contribution < -0.4 is 5.73 Å². The lowest BCUT2D eigenvalue weighted by molar-refractivity contribution is 0.318. The Morgan fingerprint density at radius 1 is 1.41 bits per heavy atom. The molecule has 3 N–H and O–H groups in total. The highest BCUT2D eigenvalue weighted by Gasteiger charge is 2.17. The molecule has 0 bridgehead atoms. The average Bonchev–Trinajstić information content (AvgIpc) is 2.40. The highest BCUT2D eigenvalue weighted by Crippen LogP contribution is 2.34. The van der Waals surface area contributed by atoms with Gasteiger partial charge in [-0.2, -0.15) is 0 Å². The monoisotopic (exact) mass is 251 g/mol. The van der Waals surface area contributed by atoms with Gasteiger partial charge in [0.15, 0.2) is 5.84 Å². The molecule has 0 amide bonds. The lowest BCUT2D eigenvalue weighted by atomic mass is 10.0. The predicted octanol–water partition coefficient (Wildman–Crippen LogP) is 2.60. The first-order chi connectivity index (χ1) is 8.31. The number of rotatable bonds is 3. The second-order valence-corrected chi connectivity index (χ2v) is 5.56. The zero-order chi connectivity index (χ0) is 12.1. The second kappa shape index (κ2) is 5.91. The predicted molar refractivity (Wildman–Crippen MR) is 69.5 cm³/mol. The Balaban J connectivity index is 2.14. The first kappa shape index (κ1) is 12.2. The van der Waals surface area contributed by atoms with E-state index in [-0.39, 0.29) is 5.84 Å². The van der Waals surface area contributed by atoms with Gasteiger partial charge in [0.05, 0.1) is 0 Å². The Labute approximate surface area is 105 Å². The van der Waals surface area contributed by atoms with Crippen LogP contribution in [0.5, 0.6) is 0 Å². The van der Waals surface area contributed by atoms with Crippen LogP contribution in [0.1, 0.15) is 37.8 Å². The molecule has 0 radical (unpaired) electrons. The Morgan fingerprint density at radius 2 is 2.18 bits per heavy atom. The Kier molecular flexibility index (Phi) is 4.25. The summed E-state index contributed by atoms with van der Waals surface area (Å²) >= 11 is 1.80. The van der Waals surface area contributed by atoms with Crippen molar-refractivity contribution in [3.63, 3.8) is 0 Å². The zero-order valence-corrected chi connectivity index (χ0v) is 10.5. The molecular formula is C12H17N3OS. The summed E-state index contributed by atoms with van der Waals surface area (Å²) in [6.07, 6.45) is 8.10. The highest BCUT2D eigenvalue weighted by atomic mass is 32.2. The summed E-state index contributed by atoms with van der Waals surface area (Å²) in [5, 5.41) is 12.4. The third-order valence-corrected chi connectivity index (χ3v) is 4.35. The van der Waals surface area contributed by atoms with Gasteiger partial charge in [0.1, 0.15) is 5.69 Å². The molecule has 17 heavy (non-hydrogen) atoms. The van der Waals surface area contributed by atoms with Gasteiger partial charge in [-0.05, 0) is 25.0 Å². The fraction of sp³-hybridized carbons (Fsp3) is 0.500. The Morgan fingerprint density at radius 3 is 2.88 bits per heavy atom. The summed E-state index contributed by atoms with van der Waals surface area (Å²) < 4.78 is 0. The quantitative estimate of drug-likeness (QED) is 0.375. The number of hydrogen-bond donors (Lipinski definition) is 2. The smallest absolute Gasteiger partial charge is 0.189 e. The van der Waals surface area contributed by atoms with Gasteiger partial charge in [-0.1, -0.05) is 24.4 Å². The summed E-state index contributed by atoms with van der Waals surface area (Å²) in [5.41, 5.74) is 6.21. The number of hydrogen-bond acceptors (Lipinski definition) is 4. The minimum atomic E-state index is 0.0870. The van der Waals surface area contributed by atoms with Gasteiger partial charge < -0.3 is 10.9 Å². The van der Waals surface area contributed by atoms with Crippen LogP contribution in [0.3, 0.4) is 0 Å². The topological polar surface area (TPSA) is 71.5 Å². The molecule has 2 rings (SSSR count). The van der Waals surface area contributed by atoms with Crippen molar-refractivity contribution in [3.8, 4) is 0 Å². The molecule has 0 unspecified atom stereocenters. The van der Waals surface area contributed by atoms with Gasteiger partial charge in [0.2, 0.25) is 0 Å². The summed E-state index contributed by atoms with van der Waals surface area (Å²) in [4.78, 5) is 5.19. The molecular weight excluding hydrogens is 234 g/mol. The molecule has 1 heterocycles. The van der Waals surface area contributed by atoms with Gasteiger partial charge >= 0.3 is 0 Å². The Bertz CT molecular complexity index is 402. The number of pyridine rings is 1. The third kappa shape index (κ3) is 3.12. The number of amidine groups is 1. The molecule has 0 saturated heterocycles. The molecule has 4 nitrogen and oxygen atoms in total. The van der Waals surface area contributed by atoms with Crippen LogP contribution in [-0.4, -0.2) is 21.3 Å². The van der Waals surface area contributed by atoms with Crippen LogP contribution in [0.2, 0.25) is 0 Å². The van der Waals surface area contributed by atoms with Crippen molar-refractivity contribution in [2.45, 2.75) is 42.2 Å². The van der Waals surface area contributed by atoms with Crippen LogP contribution in [0, 0.1) is 0 Å². The van der Waals surface area contributed by atoms with E-state index in [2.05, 4.69) is 10.1 Å². The standard InChI is InChI=1S/C12H17N3OS/c13-12(15-16)11-10(7-4-8-14-11)17-9-5-2-1-3-6-9/h4,7-9,16H,1-3,5-6H2,(H2,13,15). The Hall–Kier alpha value is -1.23. The molecule has 1 aliphatic carbocycles. The molecule has 1 fully saturated rings. The number of oxime groups is 1. The molecule has 5 heteroatoms. The van der Waals surface area contributed by atoms with Crippen molar-refractivity contribution in [1.29, 1.82) is 0 Å². The SMILES string of the molecule is N/C(=N/O)c1ncccc1SC1CCCCC1. The van der Waals surface area contributed by atoms with Crippen molar-refractivity contribution in [3.05, 3.63) is 24.0 Å². The maximum atomic E-state index is 8.73. The van der Waals surface area contributed by atoms with Gasteiger partial charge in [0, 0.05) is 16.3 Å². The van der Waals surface area contributed by atoms with E-state index >= 15 is 0 Å². The minimum Gasteiger partial charge on any atom is -0.409 e. The molecule has 1 saturated carbocycles. The lowest BCUT2D eigenvalue weighted by Gasteiger charge is -2.21. The molecule has 1 aromatic rings. The van der Waals surface area contributed by atoms with Crippen LogP contribution in [0.4, 0.5) is 0 Å². The largest absolute Gasteiger partial charge is 0.409 e. The van der Waals surface area contributed by atoms with Gasteiger partial charge in [0.25, 0.3) is 0 Å². The van der Waals surface area contributed by atoms with Gasteiger partial charge in [-0.15, -0.1) is 11.8 Å². The first-order valence-corrected chi connectivity index (χ1v) is 6.79. The second-order valence-electron chi connectivity index (χ2n) is 4.21. The van der Waals surface area contributed by atoms with E-state index in [9.17, 15) is 0 Å². The lowest BCUT2D eigenvalue weighted by Crippen LogP contribution is -2.17. The normalized spacial score (nSPS) is 18.2. The molecule has 1 aliphatic rings. The van der Waals surface area contributed by atoms with E-state index in [1.807, 2.05) is 12.1 Å². The van der Waals surface area contributed by atoms with Gasteiger partial charge in [-0.3, -0.25) is 4.98 Å². The zero-order valence-electron chi connectivity index (χ0n) is 9.67. The van der Waals surface area contributed by atoms with E-state index in [1.54, 1.807) is 18.0 Å². The van der Waals surface area contributed by atoms with E-state index in [1.165, 1.54) is 32.1 Å². The van der Waals surface area contributed by atoms with Crippen molar-refractivity contribution in [2.75, 3.05) is 0 Å². The van der Waals surface area contributed by atoms with Crippen molar-refractivity contribution >= 4 is 17.6 Å². The third-order valence-electron chi connectivity index (χ3n) is 2.97. The molecule has 0 aromatic carbocycles. The maximum absolute atomic E-state index is 8.73. The highest BCUT2D eigenvalue weighted by molar-refractivity contribution is 8.00. The van der Waals surface area contributed by atoms with E-state index in [0.717, 1.165) is 4.90 Å². The van der Waals surface area contributed by atoms with Crippen molar-refractivity contribution in [2.24, 2.45) is 10.9 Å². The maximum Gasteiger partial charge on any atom is 0.189 e. The molecule has 1 aromatic heterocycles. The minimum absolute atomic E-state index is 0.0870. The first-order valence-electron chi connectivity index (χ1n) is 5.91. The van der Waals surface area contributed by atoms with E-state index < -0.39 is 0 Å². The van der Waals surface area contributed by atoms with Crippen LogP contribution in [0.25, 0.3) is 0 Å². The molecule has 0 aliphatic heterocycles. The summed E-state index contributed by atoms with van der Waals surface area (Å²) in [7, 11) is 0. The number of nitrogens with zero attached hydrogens (tertiary/aromatic N) is 2. The van der Waals surface area contributed by atoms with Crippen molar-refractivity contribution < 1.29 is 5.21 Å². The van der Waals surface area contributed by atoms with E-state index in [4.69, 9.17) is 10.9 Å². The number of nitrogens with two attached hydrogens (primary N) is 1. The molecule has 0 spiro atoms. The summed E-state index contributed by atoms with van der Waals surface area (Å²) in [5.74, 6) is 0.0870. The number of aromatic nitrogens is 1. The fourth-order valence-electron chi connectivity index (χ4n) is 2.09. The number of thioether (sulfide) groups is 1. The molecule has 92 valence electrons. The van der Waals surface area contributed by atoms with Crippen LogP contribution >= 0.6 is 11.8 Å².